The molecule has 5 heteroatoms. The summed E-state index contributed by atoms with van der Waals surface area (Å²) in [5.74, 6) is 0.467. The zero-order valence-electron chi connectivity index (χ0n) is 13.5. The lowest BCUT2D eigenvalue weighted by Crippen LogP contribution is -2.35. The summed E-state index contributed by atoms with van der Waals surface area (Å²) in [5.41, 5.74) is 5.41. The van der Waals surface area contributed by atoms with E-state index in [4.69, 9.17) is 4.74 Å². The van der Waals surface area contributed by atoms with Crippen LogP contribution in [0.1, 0.15) is 18.1 Å². The monoisotopic (exact) mass is 311 g/mol. The van der Waals surface area contributed by atoms with Crippen LogP contribution in [0, 0.1) is 6.92 Å². The Morgan fingerprint density at radius 1 is 1.17 bits per heavy atom. The number of ether oxygens (including phenoxy) is 1. The summed E-state index contributed by atoms with van der Waals surface area (Å²) in [6.45, 7) is 3.79. The molecule has 0 fully saturated rings. The average molecular weight is 311 g/mol. The highest BCUT2D eigenvalue weighted by Crippen LogP contribution is 2.23. The summed E-state index contributed by atoms with van der Waals surface area (Å²) in [5, 5.41) is 7.09. The molecule has 0 spiro atoms. The summed E-state index contributed by atoms with van der Waals surface area (Å²) in [4.78, 5) is 12.1. The predicted octanol–water partition coefficient (Wildman–Crippen LogP) is 2.95. The van der Waals surface area contributed by atoms with Crippen molar-refractivity contribution in [2.24, 2.45) is 5.10 Å². The Morgan fingerprint density at radius 3 is 2.57 bits per heavy atom. The van der Waals surface area contributed by atoms with Crippen molar-refractivity contribution in [3.63, 3.8) is 0 Å². The van der Waals surface area contributed by atoms with Gasteiger partial charge < -0.3 is 10.1 Å². The van der Waals surface area contributed by atoms with Crippen molar-refractivity contribution in [2.75, 3.05) is 12.4 Å². The number of carbonyl (C=O) groups is 1. The molecule has 2 rings (SSSR count). The number of rotatable bonds is 6. The Morgan fingerprint density at radius 2 is 1.87 bits per heavy atom. The number of carbonyl (C=O) groups excluding carboxylic acids is 1. The van der Waals surface area contributed by atoms with Gasteiger partial charge in [-0.05, 0) is 31.5 Å². The number of para-hydroxylation sites is 2. The molecule has 2 aromatic rings. The lowest BCUT2D eigenvalue weighted by Gasteiger charge is -2.15. The van der Waals surface area contributed by atoms with Crippen LogP contribution in [0.4, 0.5) is 5.69 Å². The number of aryl methyl sites for hydroxylation is 1. The Kier molecular flexibility index (Phi) is 5.74. The molecule has 0 aliphatic heterocycles. The van der Waals surface area contributed by atoms with Crippen molar-refractivity contribution in [3.8, 4) is 5.75 Å². The smallest absolute Gasteiger partial charge is 0.262 e. The molecule has 2 aromatic carbocycles. The fourth-order valence-electron chi connectivity index (χ4n) is 1.98. The van der Waals surface area contributed by atoms with Crippen molar-refractivity contribution in [1.29, 1.82) is 0 Å². The summed E-state index contributed by atoms with van der Waals surface area (Å²) < 4.78 is 5.25. The number of amides is 1. The lowest BCUT2D eigenvalue weighted by atomic mass is 10.2. The van der Waals surface area contributed by atoms with Crippen molar-refractivity contribution in [3.05, 3.63) is 59.7 Å². The maximum Gasteiger partial charge on any atom is 0.262 e. The highest BCUT2D eigenvalue weighted by atomic mass is 16.5. The molecule has 0 aliphatic carbocycles. The molecule has 2 N–H and O–H groups in total. The van der Waals surface area contributed by atoms with Gasteiger partial charge >= 0.3 is 0 Å². The zero-order chi connectivity index (χ0) is 16.7. The maximum absolute atomic E-state index is 12.1. The van der Waals surface area contributed by atoms with E-state index in [9.17, 15) is 4.79 Å². The third kappa shape index (κ3) is 4.85. The predicted molar refractivity (Wildman–Crippen MR) is 93.0 cm³/mol. The highest BCUT2D eigenvalue weighted by molar-refractivity contribution is 5.86. The van der Waals surface area contributed by atoms with Gasteiger partial charge in [-0.1, -0.05) is 42.0 Å². The zero-order valence-corrected chi connectivity index (χ0v) is 13.5. The van der Waals surface area contributed by atoms with Crippen LogP contribution in [-0.2, 0) is 4.79 Å². The van der Waals surface area contributed by atoms with Gasteiger partial charge in [-0.3, -0.25) is 4.79 Å². The molecule has 23 heavy (non-hydrogen) atoms. The van der Waals surface area contributed by atoms with Crippen molar-refractivity contribution < 1.29 is 9.53 Å². The second kappa shape index (κ2) is 7.98. The van der Waals surface area contributed by atoms with Crippen LogP contribution < -0.4 is 15.5 Å². The first-order chi connectivity index (χ1) is 11.1. The third-order valence-corrected chi connectivity index (χ3v) is 3.34. The van der Waals surface area contributed by atoms with Crippen LogP contribution >= 0.6 is 0 Å². The Balaban J connectivity index is 1.91. The Bertz CT molecular complexity index is 681. The molecule has 0 saturated heterocycles. The normalized spacial score (nSPS) is 12.0. The van der Waals surface area contributed by atoms with Crippen LogP contribution in [0.2, 0.25) is 0 Å². The number of benzene rings is 2. The number of anilines is 1. The largest absolute Gasteiger partial charge is 0.495 e. The van der Waals surface area contributed by atoms with Crippen LogP contribution in [0.25, 0.3) is 0 Å². The van der Waals surface area contributed by atoms with E-state index in [0.717, 1.165) is 11.3 Å². The molecule has 0 aliphatic rings. The minimum Gasteiger partial charge on any atom is -0.495 e. The van der Waals surface area contributed by atoms with E-state index in [0.29, 0.717) is 5.75 Å². The highest BCUT2D eigenvalue weighted by Gasteiger charge is 2.13. The Labute approximate surface area is 136 Å². The topological polar surface area (TPSA) is 62.7 Å². The van der Waals surface area contributed by atoms with Gasteiger partial charge in [0, 0.05) is 0 Å². The molecule has 1 unspecified atom stereocenters. The van der Waals surface area contributed by atoms with Gasteiger partial charge in [-0.25, -0.2) is 5.43 Å². The van der Waals surface area contributed by atoms with Crippen LogP contribution in [-0.4, -0.2) is 25.3 Å². The number of nitrogens with one attached hydrogen (secondary N) is 2. The van der Waals surface area contributed by atoms with E-state index in [1.807, 2.05) is 55.5 Å². The van der Waals surface area contributed by atoms with Gasteiger partial charge in [0.2, 0.25) is 0 Å². The number of hydrogen-bond acceptors (Lipinski definition) is 4. The van der Waals surface area contributed by atoms with E-state index in [1.54, 1.807) is 20.2 Å². The van der Waals surface area contributed by atoms with Gasteiger partial charge in [0.25, 0.3) is 5.91 Å². The van der Waals surface area contributed by atoms with E-state index in [1.165, 1.54) is 5.56 Å². The molecule has 120 valence electrons. The molecule has 0 saturated carbocycles. The SMILES string of the molecule is COc1ccccc1NC(C)C(=O)NN=Cc1ccc(C)cc1. The molecule has 1 amide bonds. The number of methoxy groups -OCH3 is 1. The minimum absolute atomic E-state index is 0.223. The second-order valence-corrected chi connectivity index (χ2v) is 5.21. The quantitative estimate of drug-likeness (QED) is 0.637. The van der Waals surface area contributed by atoms with Crippen molar-refractivity contribution >= 4 is 17.8 Å². The van der Waals surface area contributed by atoms with Crippen LogP contribution in [0.5, 0.6) is 5.75 Å². The lowest BCUT2D eigenvalue weighted by molar-refractivity contribution is -0.121. The fraction of sp³-hybridized carbons (Fsp3) is 0.222. The van der Waals surface area contributed by atoms with Gasteiger partial charge in [-0.15, -0.1) is 0 Å². The molecular formula is C18H21N3O2. The molecule has 0 aromatic heterocycles. The summed E-state index contributed by atoms with van der Waals surface area (Å²) >= 11 is 0. The third-order valence-electron chi connectivity index (χ3n) is 3.34. The second-order valence-electron chi connectivity index (χ2n) is 5.21. The maximum atomic E-state index is 12.1. The first kappa shape index (κ1) is 16.5. The van der Waals surface area contributed by atoms with Crippen molar-refractivity contribution in [2.45, 2.75) is 19.9 Å². The molecular weight excluding hydrogens is 290 g/mol. The fourth-order valence-corrected chi connectivity index (χ4v) is 1.98. The minimum atomic E-state index is -0.443. The molecule has 0 bridgehead atoms. The van der Waals surface area contributed by atoms with Gasteiger partial charge in [0.05, 0.1) is 19.0 Å². The summed E-state index contributed by atoms with van der Waals surface area (Å²) in [6, 6.07) is 14.9. The van der Waals surface area contributed by atoms with Gasteiger partial charge in [0.15, 0.2) is 0 Å². The molecule has 0 heterocycles. The van der Waals surface area contributed by atoms with Crippen molar-refractivity contribution in [1.82, 2.24) is 5.43 Å². The number of hydrazone groups is 1. The molecule has 0 radical (unpaired) electrons. The standard InChI is InChI=1S/C18H21N3O2/c1-13-8-10-15(11-9-13)12-19-21-18(22)14(2)20-16-6-4-5-7-17(16)23-3/h4-12,14,20H,1-3H3,(H,21,22). The van der Waals surface area contributed by atoms with E-state index in [-0.39, 0.29) is 5.91 Å². The van der Waals surface area contributed by atoms with E-state index < -0.39 is 6.04 Å². The van der Waals surface area contributed by atoms with Gasteiger partial charge in [0.1, 0.15) is 11.8 Å². The summed E-state index contributed by atoms with van der Waals surface area (Å²) in [6.07, 6.45) is 1.62. The first-order valence-corrected chi connectivity index (χ1v) is 7.39. The molecule has 5 nitrogen and oxygen atoms in total. The van der Waals surface area contributed by atoms with E-state index in [2.05, 4.69) is 15.8 Å². The van der Waals surface area contributed by atoms with Crippen LogP contribution in [0.15, 0.2) is 53.6 Å². The van der Waals surface area contributed by atoms with E-state index >= 15 is 0 Å². The average Bonchev–Trinajstić information content (AvgIpc) is 2.57. The van der Waals surface area contributed by atoms with Gasteiger partial charge in [-0.2, -0.15) is 5.10 Å². The first-order valence-electron chi connectivity index (χ1n) is 7.39. The number of nitrogens with zero attached hydrogens (tertiary/aromatic N) is 1. The number of hydrogen-bond donors (Lipinski definition) is 2. The Hall–Kier alpha value is -2.82. The summed E-state index contributed by atoms with van der Waals surface area (Å²) in [7, 11) is 1.59. The van der Waals surface area contributed by atoms with Crippen LogP contribution in [0.3, 0.4) is 0 Å². The molecule has 1 atom stereocenters.